The Morgan fingerprint density at radius 3 is 2.37 bits per heavy atom. The summed E-state index contributed by atoms with van der Waals surface area (Å²) in [6, 6.07) is 11.0. The largest absolute Gasteiger partial charge is 0.497 e. The van der Waals surface area contributed by atoms with E-state index in [4.69, 9.17) is 9.47 Å². The van der Waals surface area contributed by atoms with Crippen molar-refractivity contribution < 1.29 is 28.5 Å². The molecule has 6 heteroatoms. The van der Waals surface area contributed by atoms with Gasteiger partial charge in [-0.15, -0.1) is 0 Å². The molecule has 2 rings (SSSR count). The van der Waals surface area contributed by atoms with Crippen molar-refractivity contribution in [3.8, 4) is 5.75 Å². The van der Waals surface area contributed by atoms with Gasteiger partial charge in [-0.05, 0) is 48.2 Å². The molecule has 0 bridgehead atoms. The Labute approximate surface area is 179 Å². The monoisotopic (exact) mass is 414 g/mol. The van der Waals surface area contributed by atoms with Crippen LogP contribution in [0, 0.1) is 0 Å². The van der Waals surface area contributed by atoms with E-state index in [1.165, 1.54) is 4.90 Å². The molecule has 0 radical (unpaired) electrons. The highest BCUT2D eigenvalue weighted by Gasteiger charge is 2.31. The van der Waals surface area contributed by atoms with Crippen molar-refractivity contribution in [3.05, 3.63) is 42.0 Å². The van der Waals surface area contributed by atoms with Gasteiger partial charge in [0.15, 0.2) is 0 Å². The molecule has 6 nitrogen and oxygen atoms in total. The number of likely N-dealkylation sites (N-methyl/N-ethyl adjacent to an activating group) is 1. The second-order valence-electron chi connectivity index (χ2n) is 8.16. The Morgan fingerprint density at radius 1 is 1.07 bits per heavy atom. The number of rotatable bonds is 10. The molecule has 162 valence electrons. The molecule has 0 aromatic heterocycles. The first-order valence-corrected chi connectivity index (χ1v) is 10.4. The standard InChI is InChI=1S/C24H33N2O4/c1-17(18-10-11-20-16-21(29-6)13-12-19(20)15-18)23(27)30-24(28)22(26(4)5)9-7-8-14-25(2)3/h10-13,15-17,22H,4,7-9,14H2,1-3,5-6H3/q+1/p+1/t17-,22?/m0/s1. The minimum absolute atomic E-state index is 0.526. The number of carbonyl (C=O) groups is 2. The second kappa shape index (κ2) is 10.9. The molecular formula is C24H34N2O4+2. The predicted molar refractivity (Wildman–Crippen MR) is 119 cm³/mol. The summed E-state index contributed by atoms with van der Waals surface area (Å²) in [6.45, 7) is 6.63. The van der Waals surface area contributed by atoms with Crippen molar-refractivity contribution in [1.82, 2.24) is 0 Å². The van der Waals surface area contributed by atoms with E-state index < -0.39 is 23.9 Å². The van der Waals surface area contributed by atoms with Crippen molar-refractivity contribution >= 4 is 29.4 Å². The summed E-state index contributed by atoms with van der Waals surface area (Å²) in [5, 5.41) is 2.02. The summed E-state index contributed by atoms with van der Waals surface area (Å²) in [6.07, 6.45) is 2.50. The molecule has 2 atom stereocenters. The SMILES string of the molecule is C=[N+](C)C(CCCC[NH+](C)C)C(=O)OC(=O)[C@@H](C)c1ccc2cc(OC)ccc2c1. The molecule has 0 amide bonds. The fourth-order valence-corrected chi connectivity index (χ4v) is 3.36. The molecular weight excluding hydrogens is 380 g/mol. The third-order valence-electron chi connectivity index (χ3n) is 5.33. The highest BCUT2D eigenvalue weighted by atomic mass is 16.6. The number of fused-ring (bicyclic) bond motifs is 1. The van der Waals surface area contributed by atoms with E-state index in [2.05, 4.69) is 20.8 Å². The zero-order valence-electron chi connectivity index (χ0n) is 18.7. The van der Waals surface area contributed by atoms with Crippen LogP contribution >= 0.6 is 0 Å². The maximum Gasteiger partial charge on any atom is 0.383 e. The third-order valence-corrected chi connectivity index (χ3v) is 5.33. The number of hydrogen-bond donors (Lipinski definition) is 1. The fraction of sp³-hybridized carbons (Fsp3) is 0.458. The van der Waals surface area contributed by atoms with Crippen LogP contribution in [0.3, 0.4) is 0 Å². The Morgan fingerprint density at radius 2 is 1.73 bits per heavy atom. The highest BCUT2D eigenvalue weighted by Crippen LogP contribution is 2.26. The molecule has 0 aliphatic heterocycles. The van der Waals surface area contributed by atoms with Gasteiger partial charge in [-0.3, -0.25) is 4.79 Å². The molecule has 0 saturated heterocycles. The molecule has 0 spiro atoms. The molecule has 0 aliphatic carbocycles. The Bertz CT molecular complexity index is 907. The summed E-state index contributed by atoms with van der Waals surface area (Å²) < 4.78 is 12.1. The maximum atomic E-state index is 12.6. The van der Waals surface area contributed by atoms with Crippen LogP contribution in [0.4, 0.5) is 0 Å². The van der Waals surface area contributed by atoms with Crippen molar-refractivity contribution in [2.45, 2.75) is 38.1 Å². The van der Waals surface area contributed by atoms with Gasteiger partial charge < -0.3 is 14.4 Å². The number of unbranched alkanes of at least 4 members (excludes halogenated alkanes) is 1. The summed E-state index contributed by atoms with van der Waals surface area (Å²) >= 11 is 0. The van der Waals surface area contributed by atoms with Gasteiger partial charge in [-0.25, -0.2) is 9.37 Å². The number of hydrogen-bond acceptors (Lipinski definition) is 4. The van der Waals surface area contributed by atoms with Crippen LogP contribution < -0.4 is 9.64 Å². The maximum absolute atomic E-state index is 12.6. The van der Waals surface area contributed by atoms with Gasteiger partial charge in [-0.2, -0.15) is 0 Å². The molecule has 30 heavy (non-hydrogen) atoms. The van der Waals surface area contributed by atoms with E-state index in [1.807, 2.05) is 36.4 Å². The first kappa shape index (κ1) is 23.5. The molecule has 1 N–H and O–H groups in total. The quantitative estimate of drug-likeness (QED) is 0.213. The minimum atomic E-state index is -0.548. The lowest BCUT2D eigenvalue weighted by molar-refractivity contribution is -0.858. The van der Waals surface area contributed by atoms with Gasteiger partial charge in [-0.1, -0.05) is 24.3 Å². The first-order valence-electron chi connectivity index (χ1n) is 10.4. The Balaban J connectivity index is 2.03. The van der Waals surface area contributed by atoms with Crippen LogP contribution in [0.5, 0.6) is 5.75 Å². The number of benzene rings is 2. The summed E-state index contributed by atoms with van der Waals surface area (Å²) in [7, 11) is 7.56. The molecule has 0 saturated carbocycles. The van der Waals surface area contributed by atoms with Gasteiger partial charge in [0.05, 0.1) is 33.7 Å². The normalized spacial score (nSPS) is 13.1. The lowest BCUT2D eigenvalue weighted by Crippen LogP contribution is -3.05. The first-order chi connectivity index (χ1) is 14.2. The van der Waals surface area contributed by atoms with Crippen LogP contribution in [0.25, 0.3) is 10.8 Å². The van der Waals surface area contributed by atoms with E-state index in [9.17, 15) is 9.59 Å². The van der Waals surface area contributed by atoms with Crippen molar-refractivity contribution in [1.29, 1.82) is 0 Å². The topological polar surface area (TPSA) is 60.0 Å². The number of carbonyl (C=O) groups excluding carboxylic acids is 2. The Hall–Kier alpha value is -2.73. The highest BCUT2D eigenvalue weighted by molar-refractivity contribution is 5.92. The van der Waals surface area contributed by atoms with E-state index in [-0.39, 0.29) is 0 Å². The van der Waals surface area contributed by atoms with Crippen molar-refractivity contribution in [2.75, 3.05) is 34.8 Å². The summed E-state index contributed by atoms with van der Waals surface area (Å²) in [4.78, 5) is 26.6. The molecule has 0 heterocycles. The lowest BCUT2D eigenvalue weighted by Gasteiger charge is -2.15. The van der Waals surface area contributed by atoms with Crippen LogP contribution in [0.15, 0.2) is 36.4 Å². The zero-order valence-corrected chi connectivity index (χ0v) is 18.7. The van der Waals surface area contributed by atoms with Crippen molar-refractivity contribution in [2.24, 2.45) is 0 Å². The second-order valence-corrected chi connectivity index (χ2v) is 8.16. The number of esters is 2. The summed E-state index contributed by atoms with van der Waals surface area (Å²) in [5.41, 5.74) is 0.805. The number of methoxy groups -OCH3 is 1. The van der Waals surface area contributed by atoms with Gasteiger partial charge in [0, 0.05) is 6.42 Å². The number of ether oxygens (including phenoxy) is 2. The zero-order chi connectivity index (χ0) is 22.3. The van der Waals surface area contributed by atoms with E-state index in [0.29, 0.717) is 6.42 Å². The van der Waals surface area contributed by atoms with Crippen LogP contribution in [-0.2, 0) is 14.3 Å². The Kier molecular flexibility index (Phi) is 8.54. The molecule has 0 fully saturated rings. The van der Waals surface area contributed by atoms with Crippen LogP contribution in [0.1, 0.15) is 37.7 Å². The molecule has 2 aromatic rings. The van der Waals surface area contributed by atoms with E-state index in [0.717, 1.165) is 41.5 Å². The number of quaternary nitrogens is 1. The van der Waals surface area contributed by atoms with Gasteiger partial charge in [0.1, 0.15) is 19.5 Å². The number of nitrogens with one attached hydrogen (secondary N) is 1. The van der Waals surface area contributed by atoms with Gasteiger partial charge in [0.2, 0.25) is 6.04 Å². The van der Waals surface area contributed by atoms with Crippen molar-refractivity contribution in [3.63, 3.8) is 0 Å². The summed E-state index contributed by atoms with van der Waals surface area (Å²) in [5.74, 6) is -0.846. The molecule has 1 unspecified atom stereocenters. The van der Waals surface area contributed by atoms with Gasteiger partial charge >= 0.3 is 11.9 Å². The third kappa shape index (κ3) is 6.39. The van der Waals surface area contributed by atoms with E-state index in [1.54, 1.807) is 25.7 Å². The molecule has 0 aliphatic rings. The lowest BCUT2D eigenvalue weighted by atomic mass is 9.98. The molecule has 2 aromatic carbocycles. The van der Waals surface area contributed by atoms with Gasteiger partial charge in [0.25, 0.3) is 0 Å². The fourth-order valence-electron chi connectivity index (χ4n) is 3.36. The smallest absolute Gasteiger partial charge is 0.383 e. The number of nitrogens with zero attached hydrogens (tertiary/aromatic N) is 1. The minimum Gasteiger partial charge on any atom is -0.497 e. The average molecular weight is 415 g/mol. The van der Waals surface area contributed by atoms with Crippen LogP contribution in [-0.4, -0.2) is 64.1 Å². The average Bonchev–Trinajstić information content (AvgIpc) is 2.71. The van der Waals surface area contributed by atoms with Crippen LogP contribution in [0.2, 0.25) is 0 Å². The van der Waals surface area contributed by atoms with E-state index >= 15 is 0 Å². The predicted octanol–water partition coefficient (Wildman–Crippen LogP) is 2.05.